The molecule has 0 bridgehead atoms. The van der Waals surface area contributed by atoms with Crippen molar-refractivity contribution >= 4 is 26.0 Å². The van der Waals surface area contributed by atoms with Crippen molar-refractivity contribution in [1.82, 2.24) is 0 Å². The monoisotopic (exact) mass is 454 g/mol. The van der Waals surface area contributed by atoms with E-state index in [0.717, 1.165) is 15.8 Å². The first kappa shape index (κ1) is 21.6. The molecule has 0 amide bonds. The Morgan fingerprint density at radius 1 is 1.11 bits per heavy atom. The summed E-state index contributed by atoms with van der Waals surface area (Å²) in [6.45, 7) is 6.01. The number of hydrogen-bond donors (Lipinski definition) is 0. The van der Waals surface area contributed by atoms with E-state index >= 15 is 0 Å². The lowest BCUT2D eigenvalue weighted by Crippen LogP contribution is -2.25. The average Bonchev–Trinajstić information content (AvgIpc) is 2.67. The number of ether oxygens (including phenoxy) is 2. The molecule has 0 radical (unpaired) electrons. The van der Waals surface area contributed by atoms with Crippen LogP contribution in [0.15, 0.2) is 70.6 Å². The van der Waals surface area contributed by atoms with E-state index in [1.807, 2.05) is 31.2 Å². The molecule has 5 nitrogen and oxygen atoms in total. The number of halogens is 1. The van der Waals surface area contributed by atoms with Crippen LogP contribution in [0.1, 0.15) is 12.5 Å². The average molecular weight is 455 g/mol. The normalized spacial score (nSPS) is 13.7. The van der Waals surface area contributed by atoms with Crippen molar-refractivity contribution < 1.29 is 22.1 Å². The standard InChI is InChI=1S/C20H23BrO5S/c1-4-20(25-14-16-5-9-18(24-3)10-6-16)15(2)13-26-27(22,23)19-11-7-17(21)8-12-19/h4-12,15,20H,1,13-14H2,2-3H3/t15-,20+/m0/s1. The predicted molar refractivity (Wildman–Crippen MR) is 108 cm³/mol. The molecule has 146 valence electrons. The van der Waals surface area contributed by atoms with Crippen molar-refractivity contribution in [3.63, 3.8) is 0 Å². The van der Waals surface area contributed by atoms with Crippen molar-refractivity contribution in [3.05, 3.63) is 71.2 Å². The smallest absolute Gasteiger partial charge is 0.296 e. The third-order valence-corrected chi connectivity index (χ3v) is 5.81. The maximum absolute atomic E-state index is 12.3. The molecule has 0 aliphatic heterocycles. The molecule has 0 heterocycles. The molecule has 0 N–H and O–H groups in total. The van der Waals surface area contributed by atoms with Crippen LogP contribution in [0.25, 0.3) is 0 Å². The highest BCUT2D eigenvalue weighted by molar-refractivity contribution is 9.10. The molecular weight excluding hydrogens is 432 g/mol. The first-order valence-electron chi connectivity index (χ1n) is 8.38. The van der Waals surface area contributed by atoms with Gasteiger partial charge in [0, 0.05) is 10.4 Å². The number of hydrogen-bond acceptors (Lipinski definition) is 5. The zero-order valence-electron chi connectivity index (χ0n) is 15.3. The van der Waals surface area contributed by atoms with Crippen LogP contribution >= 0.6 is 15.9 Å². The quantitative estimate of drug-likeness (QED) is 0.388. The molecule has 0 saturated carbocycles. The highest BCUT2D eigenvalue weighted by atomic mass is 79.9. The highest BCUT2D eigenvalue weighted by Gasteiger charge is 2.21. The maximum Gasteiger partial charge on any atom is 0.296 e. The van der Waals surface area contributed by atoms with E-state index in [2.05, 4.69) is 22.5 Å². The Labute approximate surface area is 169 Å². The molecule has 0 spiro atoms. The van der Waals surface area contributed by atoms with Gasteiger partial charge in [-0.05, 0) is 42.0 Å². The highest BCUT2D eigenvalue weighted by Crippen LogP contribution is 2.20. The Kier molecular flexibility index (Phi) is 8.04. The van der Waals surface area contributed by atoms with E-state index in [-0.39, 0.29) is 23.5 Å². The number of methoxy groups -OCH3 is 1. The molecular formula is C20H23BrO5S. The molecule has 27 heavy (non-hydrogen) atoms. The number of rotatable bonds is 10. The molecule has 0 unspecified atom stereocenters. The van der Waals surface area contributed by atoms with E-state index in [4.69, 9.17) is 13.7 Å². The Hall–Kier alpha value is -1.67. The SMILES string of the molecule is C=C[C@@H](OCc1ccc(OC)cc1)[C@@H](C)COS(=O)(=O)c1ccc(Br)cc1. The summed E-state index contributed by atoms with van der Waals surface area (Å²) in [5.74, 6) is 0.588. The molecule has 0 aromatic heterocycles. The fourth-order valence-corrected chi connectivity index (χ4v) is 3.60. The molecule has 2 atom stereocenters. The van der Waals surface area contributed by atoms with Gasteiger partial charge in [0.25, 0.3) is 10.1 Å². The maximum atomic E-state index is 12.3. The molecule has 2 rings (SSSR count). The number of benzene rings is 2. The second-order valence-electron chi connectivity index (χ2n) is 6.03. The second kappa shape index (κ2) is 10.0. The van der Waals surface area contributed by atoms with Crippen LogP contribution in [-0.4, -0.2) is 28.2 Å². The Morgan fingerprint density at radius 2 is 1.74 bits per heavy atom. The summed E-state index contributed by atoms with van der Waals surface area (Å²) in [5, 5.41) is 0. The molecule has 0 aliphatic carbocycles. The first-order valence-corrected chi connectivity index (χ1v) is 10.6. The lowest BCUT2D eigenvalue weighted by molar-refractivity contribution is 0.0242. The van der Waals surface area contributed by atoms with Crippen LogP contribution in [0.3, 0.4) is 0 Å². The zero-order chi connectivity index (χ0) is 19.9. The van der Waals surface area contributed by atoms with Gasteiger partial charge < -0.3 is 9.47 Å². The van der Waals surface area contributed by atoms with Gasteiger partial charge in [-0.1, -0.05) is 41.1 Å². The van der Waals surface area contributed by atoms with Crippen LogP contribution in [0.5, 0.6) is 5.75 Å². The van der Waals surface area contributed by atoms with Crippen LogP contribution in [0, 0.1) is 5.92 Å². The van der Waals surface area contributed by atoms with E-state index < -0.39 is 10.1 Å². The Bertz CT molecular complexity index is 832. The molecule has 0 fully saturated rings. The summed E-state index contributed by atoms with van der Waals surface area (Å²) in [6.07, 6.45) is 1.32. The van der Waals surface area contributed by atoms with E-state index in [9.17, 15) is 8.42 Å². The summed E-state index contributed by atoms with van der Waals surface area (Å²) < 4.78 is 41.5. The Balaban J connectivity index is 1.90. The van der Waals surface area contributed by atoms with Crippen molar-refractivity contribution in [3.8, 4) is 5.75 Å². The first-order chi connectivity index (χ1) is 12.9. The van der Waals surface area contributed by atoms with Gasteiger partial charge in [-0.2, -0.15) is 8.42 Å². The third-order valence-electron chi connectivity index (χ3n) is 3.98. The van der Waals surface area contributed by atoms with Crippen LogP contribution in [-0.2, 0) is 25.6 Å². The predicted octanol–water partition coefficient (Wildman–Crippen LogP) is 4.57. The van der Waals surface area contributed by atoms with Crippen molar-refractivity contribution in [1.29, 1.82) is 0 Å². The minimum absolute atomic E-state index is 0.00229. The fraction of sp³-hybridized carbons (Fsp3) is 0.300. The summed E-state index contributed by atoms with van der Waals surface area (Å²) in [6, 6.07) is 13.9. The third kappa shape index (κ3) is 6.46. The topological polar surface area (TPSA) is 61.8 Å². The van der Waals surface area contributed by atoms with Gasteiger partial charge in [0.1, 0.15) is 5.75 Å². The van der Waals surface area contributed by atoms with E-state index in [1.165, 1.54) is 12.1 Å². The van der Waals surface area contributed by atoms with Crippen molar-refractivity contribution in [2.45, 2.75) is 24.5 Å². The summed E-state index contributed by atoms with van der Waals surface area (Å²) in [7, 11) is -2.20. The van der Waals surface area contributed by atoms with Gasteiger partial charge in [0.2, 0.25) is 0 Å². The molecule has 2 aromatic rings. The van der Waals surface area contributed by atoms with Crippen molar-refractivity contribution in [2.24, 2.45) is 5.92 Å². The molecule has 0 aliphatic rings. The van der Waals surface area contributed by atoms with Gasteiger partial charge in [-0.25, -0.2) is 0 Å². The van der Waals surface area contributed by atoms with Gasteiger partial charge in [-0.3, -0.25) is 4.18 Å². The van der Waals surface area contributed by atoms with Gasteiger partial charge >= 0.3 is 0 Å². The van der Waals surface area contributed by atoms with Gasteiger partial charge in [-0.15, -0.1) is 6.58 Å². The largest absolute Gasteiger partial charge is 0.497 e. The lowest BCUT2D eigenvalue weighted by Gasteiger charge is -2.21. The molecule has 0 saturated heterocycles. The Morgan fingerprint density at radius 3 is 2.30 bits per heavy atom. The van der Waals surface area contributed by atoms with Crippen molar-refractivity contribution in [2.75, 3.05) is 13.7 Å². The van der Waals surface area contributed by atoms with Crippen LogP contribution < -0.4 is 4.74 Å². The zero-order valence-corrected chi connectivity index (χ0v) is 17.7. The van der Waals surface area contributed by atoms with E-state index in [0.29, 0.717) is 6.61 Å². The minimum atomic E-state index is -3.81. The summed E-state index contributed by atoms with van der Waals surface area (Å²) in [4.78, 5) is 0.118. The lowest BCUT2D eigenvalue weighted by atomic mass is 10.1. The van der Waals surface area contributed by atoms with Gasteiger partial charge in [0.15, 0.2) is 0 Å². The summed E-state index contributed by atoms with van der Waals surface area (Å²) in [5.41, 5.74) is 0.984. The fourth-order valence-electron chi connectivity index (χ4n) is 2.34. The van der Waals surface area contributed by atoms with Crippen LogP contribution in [0.4, 0.5) is 0 Å². The van der Waals surface area contributed by atoms with Gasteiger partial charge in [0.05, 0.1) is 31.3 Å². The minimum Gasteiger partial charge on any atom is -0.497 e. The second-order valence-corrected chi connectivity index (χ2v) is 8.56. The molecule has 7 heteroatoms. The molecule has 2 aromatic carbocycles. The summed E-state index contributed by atoms with van der Waals surface area (Å²) >= 11 is 3.28. The van der Waals surface area contributed by atoms with E-state index in [1.54, 1.807) is 25.3 Å². The van der Waals surface area contributed by atoms with Crippen LogP contribution in [0.2, 0.25) is 0 Å².